The average molecular weight is 232 g/mol. The molecule has 6 heteroatoms. The molecule has 2 N–H and O–H groups in total. The van der Waals surface area contributed by atoms with Crippen LogP contribution in [0.25, 0.3) is 0 Å². The predicted octanol–water partition coefficient (Wildman–Crippen LogP) is 1.76. The van der Waals surface area contributed by atoms with E-state index in [1.165, 1.54) is 0 Å². The standard InChI is InChI=1S/C9H11ClFN3O/c10-7(11)8(15)14-9-12-5-3-1-2-4-6(5)13-9/h7H,1-4H2,(H2,12,13,14,15). The summed E-state index contributed by atoms with van der Waals surface area (Å²) in [7, 11) is 0. The summed E-state index contributed by atoms with van der Waals surface area (Å²) >= 11 is 4.98. The Hall–Kier alpha value is -1.10. The van der Waals surface area contributed by atoms with Gasteiger partial charge in [0.15, 0.2) is 0 Å². The lowest BCUT2D eigenvalue weighted by Gasteiger charge is -2.07. The second-order valence-electron chi connectivity index (χ2n) is 3.51. The van der Waals surface area contributed by atoms with E-state index in [0.29, 0.717) is 0 Å². The fourth-order valence-electron chi connectivity index (χ4n) is 1.68. The zero-order valence-corrected chi connectivity index (χ0v) is 8.77. The van der Waals surface area contributed by atoms with E-state index in [1.54, 1.807) is 0 Å². The summed E-state index contributed by atoms with van der Waals surface area (Å²) < 4.78 is 12.4. The van der Waals surface area contributed by atoms with Gasteiger partial charge in [-0.15, -0.1) is 0 Å². The molecule has 1 aliphatic rings. The van der Waals surface area contributed by atoms with Crippen LogP contribution >= 0.6 is 11.6 Å². The van der Waals surface area contributed by atoms with Crippen LogP contribution in [-0.2, 0) is 17.6 Å². The second kappa shape index (κ2) is 4.18. The first-order chi connectivity index (χ1) is 7.16. The molecular weight excluding hydrogens is 221 g/mol. The molecule has 0 fully saturated rings. The highest BCUT2D eigenvalue weighted by Crippen LogP contribution is 2.20. The molecule has 1 atom stereocenters. The maximum Gasteiger partial charge on any atom is 0.276 e. The van der Waals surface area contributed by atoms with Gasteiger partial charge in [-0.25, -0.2) is 9.37 Å². The van der Waals surface area contributed by atoms with E-state index in [1.807, 2.05) is 0 Å². The van der Waals surface area contributed by atoms with Gasteiger partial charge >= 0.3 is 0 Å². The molecular formula is C9H11ClFN3O. The number of aromatic nitrogens is 2. The predicted molar refractivity (Wildman–Crippen MR) is 54.6 cm³/mol. The Kier molecular flexibility index (Phi) is 2.90. The summed E-state index contributed by atoms with van der Waals surface area (Å²) in [5.41, 5.74) is -0.0461. The molecule has 0 aliphatic heterocycles. The van der Waals surface area contributed by atoms with E-state index >= 15 is 0 Å². The van der Waals surface area contributed by atoms with Gasteiger partial charge in [0.05, 0.1) is 5.69 Å². The van der Waals surface area contributed by atoms with Crippen LogP contribution in [0.1, 0.15) is 24.2 Å². The first-order valence-electron chi connectivity index (χ1n) is 4.83. The Labute approximate surface area is 91.2 Å². The smallest absolute Gasteiger partial charge is 0.276 e. The van der Waals surface area contributed by atoms with Gasteiger partial charge in [0.1, 0.15) is 0 Å². The zero-order valence-electron chi connectivity index (χ0n) is 8.02. The molecule has 82 valence electrons. The van der Waals surface area contributed by atoms with Crippen molar-refractivity contribution in [2.24, 2.45) is 0 Å². The minimum atomic E-state index is -2.04. The van der Waals surface area contributed by atoms with Gasteiger partial charge in [0.25, 0.3) is 11.5 Å². The van der Waals surface area contributed by atoms with E-state index < -0.39 is 11.5 Å². The number of nitrogens with zero attached hydrogens (tertiary/aromatic N) is 1. The third kappa shape index (κ3) is 2.28. The molecule has 1 aliphatic carbocycles. The van der Waals surface area contributed by atoms with Crippen LogP contribution in [0.15, 0.2) is 0 Å². The maximum atomic E-state index is 12.4. The van der Waals surface area contributed by atoms with Crippen molar-refractivity contribution in [1.29, 1.82) is 0 Å². The van der Waals surface area contributed by atoms with E-state index in [9.17, 15) is 9.18 Å². The molecule has 0 saturated heterocycles. The Morgan fingerprint density at radius 3 is 2.93 bits per heavy atom. The number of hydrogen-bond acceptors (Lipinski definition) is 2. The van der Waals surface area contributed by atoms with E-state index in [4.69, 9.17) is 11.6 Å². The van der Waals surface area contributed by atoms with Crippen molar-refractivity contribution in [3.05, 3.63) is 11.4 Å². The molecule has 0 spiro atoms. The number of nitrogens with one attached hydrogen (secondary N) is 2. The van der Waals surface area contributed by atoms with Crippen molar-refractivity contribution in [3.63, 3.8) is 0 Å². The summed E-state index contributed by atoms with van der Waals surface area (Å²) in [6.45, 7) is 0. The molecule has 2 rings (SSSR count). The minimum absolute atomic E-state index is 0.287. The normalized spacial score (nSPS) is 16.9. The fourth-order valence-corrected chi connectivity index (χ4v) is 1.74. The van der Waals surface area contributed by atoms with Crippen LogP contribution in [0.2, 0.25) is 0 Å². The largest absolute Gasteiger partial charge is 0.328 e. The van der Waals surface area contributed by atoms with E-state index in [0.717, 1.165) is 37.1 Å². The summed E-state index contributed by atoms with van der Waals surface area (Å²) in [6, 6.07) is 0. The van der Waals surface area contributed by atoms with Crippen LogP contribution in [0.3, 0.4) is 0 Å². The number of aryl methyl sites for hydroxylation is 2. The number of anilines is 1. The van der Waals surface area contributed by atoms with Gasteiger partial charge in [-0.3, -0.25) is 10.1 Å². The second-order valence-corrected chi connectivity index (χ2v) is 3.89. The van der Waals surface area contributed by atoms with Crippen molar-refractivity contribution >= 4 is 23.5 Å². The maximum absolute atomic E-state index is 12.4. The molecule has 1 unspecified atom stereocenters. The van der Waals surface area contributed by atoms with Crippen LogP contribution < -0.4 is 5.32 Å². The van der Waals surface area contributed by atoms with Crippen LogP contribution in [-0.4, -0.2) is 21.5 Å². The highest BCUT2D eigenvalue weighted by Gasteiger charge is 2.18. The van der Waals surface area contributed by atoms with Crippen LogP contribution in [0.4, 0.5) is 10.3 Å². The van der Waals surface area contributed by atoms with Gasteiger partial charge in [0.2, 0.25) is 5.95 Å². The number of carbonyl (C=O) groups excluding carboxylic acids is 1. The number of H-pyrrole nitrogens is 1. The SMILES string of the molecule is O=C(Nc1nc2c([nH]1)CCCC2)C(F)Cl. The van der Waals surface area contributed by atoms with Crippen molar-refractivity contribution in [2.45, 2.75) is 31.3 Å². The summed E-state index contributed by atoms with van der Waals surface area (Å²) in [4.78, 5) is 18.1. The lowest BCUT2D eigenvalue weighted by Crippen LogP contribution is -2.20. The minimum Gasteiger partial charge on any atom is -0.328 e. The highest BCUT2D eigenvalue weighted by molar-refractivity contribution is 6.31. The van der Waals surface area contributed by atoms with E-state index in [-0.39, 0.29) is 5.95 Å². The molecule has 4 nitrogen and oxygen atoms in total. The van der Waals surface area contributed by atoms with Gasteiger partial charge in [0, 0.05) is 5.69 Å². The molecule has 0 radical (unpaired) electrons. The lowest BCUT2D eigenvalue weighted by atomic mass is 10.0. The third-order valence-electron chi connectivity index (χ3n) is 2.39. The molecule has 1 aromatic heterocycles. The van der Waals surface area contributed by atoms with Gasteiger partial charge in [-0.05, 0) is 25.7 Å². The quantitative estimate of drug-likeness (QED) is 0.762. The average Bonchev–Trinajstić information content (AvgIpc) is 2.59. The monoisotopic (exact) mass is 231 g/mol. The van der Waals surface area contributed by atoms with Crippen molar-refractivity contribution < 1.29 is 9.18 Å². The molecule has 1 heterocycles. The topological polar surface area (TPSA) is 57.8 Å². The molecule has 0 saturated carbocycles. The molecule has 15 heavy (non-hydrogen) atoms. The molecule has 1 aromatic rings. The molecule has 0 aromatic carbocycles. The number of imidazole rings is 1. The number of hydrogen-bond donors (Lipinski definition) is 2. The van der Waals surface area contributed by atoms with Crippen LogP contribution in [0.5, 0.6) is 0 Å². The number of halogens is 2. The Morgan fingerprint density at radius 2 is 2.27 bits per heavy atom. The number of carbonyl (C=O) groups is 1. The molecule has 0 bridgehead atoms. The van der Waals surface area contributed by atoms with Gasteiger partial charge < -0.3 is 4.98 Å². The van der Waals surface area contributed by atoms with Crippen molar-refractivity contribution in [1.82, 2.24) is 9.97 Å². The van der Waals surface area contributed by atoms with Crippen LogP contribution in [0, 0.1) is 0 Å². The first-order valence-corrected chi connectivity index (χ1v) is 5.27. The summed E-state index contributed by atoms with van der Waals surface area (Å²) in [5.74, 6) is -0.599. The van der Waals surface area contributed by atoms with Gasteiger partial charge in [-0.2, -0.15) is 0 Å². The number of amides is 1. The third-order valence-corrected chi connectivity index (χ3v) is 2.59. The summed E-state index contributed by atoms with van der Waals surface area (Å²) in [6.07, 6.45) is 4.05. The van der Waals surface area contributed by atoms with Gasteiger partial charge in [-0.1, -0.05) is 11.6 Å². The number of aromatic amines is 1. The number of fused-ring (bicyclic) bond motifs is 1. The fraction of sp³-hybridized carbons (Fsp3) is 0.556. The molecule has 1 amide bonds. The van der Waals surface area contributed by atoms with Crippen molar-refractivity contribution in [3.8, 4) is 0 Å². The summed E-state index contributed by atoms with van der Waals surface area (Å²) in [5, 5.41) is 2.29. The Morgan fingerprint density at radius 1 is 1.53 bits per heavy atom. The number of rotatable bonds is 2. The van der Waals surface area contributed by atoms with Crippen molar-refractivity contribution in [2.75, 3.05) is 5.32 Å². The van der Waals surface area contributed by atoms with E-state index in [2.05, 4.69) is 15.3 Å². The lowest BCUT2D eigenvalue weighted by molar-refractivity contribution is -0.118. The Bertz CT molecular complexity index is 354. The zero-order chi connectivity index (χ0) is 10.8. The number of alkyl halides is 2. The first kappa shape index (κ1) is 10.4. The highest BCUT2D eigenvalue weighted by atomic mass is 35.5. The Balaban J connectivity index is 2.09.